The quantitative estimate of drug-likeness (QED) is 0.726. The van der Waals surface area contributed by atoms with Crippen molar-refractivity contribution in [2.75, 3.05) is 0 Å². The Balaban J connectivity index is 1.88. The molecule has 2 fully saturated rings. The largest absolute Gasteiger partial charge is 0.273 e. The van der Waals surface area contributed by atoms with E-state index in [1.165, 1.54) is 33.4 Å². The molecule has 5 rings (SSSR count). The molecule has 0 saturated carbocycles. The van der Waals surface area contributed by atoms with Crippen LogP contribution in [0.4, 0.5) is 0 Å². The van der Waals surface area contributed by atoms with Crippen LogP contribution in [-0.2, 0) is 4.79 Å². The molecule has 0 bridgehead atoms. The zero-order valence-corrected chi connectivity index (χ0v) is 16.7. The number of carbonyl (C=O) groups excluding carboxylic acids is 1. The molecule has 3 heteroatoms. The van der Waals surface area contributed by atoms with E-state index in [2.05, 4.69) is 88.2 Å². The predicted molar refractivity (Wildman–Crippen MR) is 108 cm³/mol. The van der Waals surface area contributed by atoms with Crippen LogP contribution in [0, 0.1) is 6.92 Å². The minimum atomic E-state index is -0.341. The van der Waals surface area contributed by atoms with Crippen LogP contribution in [0.15, 0.2) is 54.1 Å². The summed E-state index contributed by atoms with van der Waals surface area (Å²) in [5, 5.41) is 4.41. The van der Waals surface area contributed by atoms with Crippen molar-refractivity contribution in [3.8, 4) is 0 Å². The van der Waals surface area contributed by atoms with Crippen molar-refractivity contribution in [2.45, 2.75) is 58.2 Å². The van der Waals surface area contributed by atoms with Crippen LogP contribution in [0.1, 0.15) is 62.4 Å². The van der Waals surface area contributed by atoms with Gasteiger partial charge in [-0.1, -0.05) is 48.5 Å². The van der Waals surface area contributed by atoms with Gasteiger partial charge in [-0.25, -0.2) is 5.01 Å². The molecule has 0 spiro atoms. The number of hydrogen-bond donors (Lipinski definition) is 0. The Hall–Kier alpha value is -2.39. The normalized spacial score (nSPS) is 25.0. The summed E-state index contributed by atoms with van der Waals surface area (Å²) in [6.45, 7) is 11.0. The number of aryl methyl sites for hydroxylation is 1. The van der Waals surface area contributed by atoms with Crippen LogP contribution in [-0.4, -0.2) is 27.0 Å². The molecule has 2 aromatic carbocycles. The molecule has 2 heterocycles. The molecule has 3 nitrogen and oxygen atoms in total. The van der Waals surface area contributed by atoms with Gasteiger partial charge < -0.3 is 0 Å². The van der Waals surface area contributed by atoms with E-state index in [1.54, 1.807) is 0 Å². The Morgan fingerprint density at radius 2 is 1.67 bits per heavy atom. The SMILES string of the molecule is Cc1cccc2c1C1C(=C2c2ccccc2)C(C)(C)N2C(=O)CC(C)(C)N12. The van der Waals surface area contributed by atoms with Crippen molar-refractivity contribution >= 4 is 11.5 Å². The van der Waals surface area contributed by atoms with E-state index < -0.39 is 0 Å². The summed E-state index contributed by atoms with van der Waals surface area (Å²) in [5.74, 6) is 0.231. The Morgan fingerprint density at radius 1 is 0.963 bits per heavy atom. The molecular formula is C24H26N2O. The average Bonchev–Trinajstić information content (AvgIpc) is 3.15. The van der Waals surface area contributed by atoms with E-state index in [1.807, 2.05) is 5.01 Å². The number of rotatable bonds is 1. The Labute approximate surface area is 161 Å². The van der Waals surface area contributed by atoms with Gasteiger partial charge in [-0.2, -0.15) is 0 Å². The maximum Gasteiger partial charge on any atom is 0.239 e. The summed E-state index contributed by atoms with van der Waals surface area (Å²) < 4.78 is 0. The van der Waals surface area contributed by atoms with E-state index in [-0.39, 0.29) is 23.0 Å². The number of amides is 1. The highest BCUT2D eigenvalue weighted by Gasteiger charge is 2.63. The van der Waals surface area contributed by atoms with Crippen molar-refractivity contribution in [2.24, 2.45) is 0 Å². The average molecular weight is 358 g/mol. The van der Waals surface area contributed by atoms with Gasteiger partial charge in [0, 0.05) is 12.0 Å². The summed E-state index contributed by atoms with van der Waals surface area (Å²) in [5.41, 5.74) is 7.37. The first-order chi connectivity index (χ1) is 12.7. The topological polar surface area (TPSA) is 23.6 Å². The van der Waals surface area contributed by atoms with E-state index >= 15 is 0 Å². The third-order valence-electron chi connectivity index (χ3n) is 6.56. The third-order valence-corrected chi connectivity index (χ3v) is 6.56. The first-order valence-corrected chi connectivity index (χ1v) is 9.77. The fourth-order valence-electron chi connectivity index (χ4n) is 5.57. The molecule has 0 radical (unpaired) electrons. The van der Waals surface area contributed by atoms with Crippen LogP contribution < -0.4 is 0 Å². The highest BCUT2D eigenvalue weighted by atomic mass is 16.2. The second-order valence-electron chi connectivity index (χ2n) is 9.19. The lowest BCUT2D eigenvalue weighted by Crippen LogP contribution is -2.49. The number of hydrogen-bond acceptors (Lipinski definition) is 2. The smallest absolute Gasteiger partial charge is 0.239 e. The Bertz CT molecular complexity index is 1000. The monoisotopic (exact) mass is 358 g/mol. The van der Waals surface area contributed by atoms with Crippen molar-refractivity contribution in [3.05, 3.63) is 76.4 Å². The summed E-state index contributed by atoms with van der Waals surface area (Å²) in [4.78, 5) is 13.0. The van der Waals surface area contributed by atoms with E-state index in [0.29, 0.717) is 6.42 Å². The van der Waals surface area contributed by atoms with Gasteiger partial charge >= 0.3 is 0 Å². The number of nitrogens with zero attached hydrogens (tertiary/aromatic N) is 2. The summed E-state index contributed by atoms with van der Waals surface area (Å²) in [6, 6.07) is 17.4. The fourth-order valence-corrected chi connectivity index (χ4v) is 5.57. The van der Waals surface area contributed by atoms with Gasteiger partial charge in [0.15, 0.2) is 0 Å². The zero-order chi connectivity index (χ0) is 19.1. The molecule has 3 aliphatic rings. The molecule has 0 N–H and O–H groups in total. The lowest BCUT2D eigenvalue weighted by Gasteiger charge is -2.38. The lowest BCUT2D eigenvalue weighted by atomic mass is 9.85. The van der Waals surface area contributed by atoms with E-state index in [9.17, 15) is 4.79 Å². The minimum Gasteiger partial charge on any atom is -0.273 e. The van der Waals surface area contributed by atoms with Gasteiger partial charge in [0.25, 0.3) is 0 Å². The summed E-state index contributed by atoms with van der Waals surface area (Å²) >= 11 is 0. The van der Waals surface area contributed by atoms with Gasteiger partial charge in [-0.05, 0) is 68.0 Å². The van der Waals surface area contributed by atoms with Crippen LogP contribution in [0.2, 0.25) is 0 Å². The predicted octanol–water partition coefficient (Wildman–Crippen LogP) is 4.87. The van der Waals surface area contributed by atoms with Crippen molar-refractivity contribution in [1.29, 1.82) is 0 Å². The molecule has 1 atom stereocenters. The first-order valence-electron chi connectivity index (χ1n) is 9.77. The molecule has 1 aliphatic carbocycles. The first kappa shape index (κ1) is 16.8. The molecule has 27 heavy (non-hydrogen) atoms. The molecule has 2 aromatic rings. The van der Waals surface area contributed by atoms with Gasteiger partial charge in [0.1, 0.15) is 0 Å². The van der Waals surface area contributed by atoms with E-state index in [4.69, 9.17) is 0 Å². The standard InChI is InChI=1S/C24H26N2O/c1-15-10-9-13-17-19(15)22-21(20(17)16-11-7-6-8-12-16)24(4,5)25-18(27)14-23(2,3)26(22)25/h6-13,22H,14H2,1-5H3. The highest BCUT2D eigenvalue weighted by molar-refractivity contribution is 5.93. The van der Waals surface area contributed by atoms with Crippen molar-refractivity contribution in [1.82, 2.24) is 10.0 Å². The molecule has 1 amide bonds. The number of benzene rings is 2. The van der Waals surface area contributed by atoms with Crippen LogP contribution in [0.3, 0.4) is 0 Å². The molecule has 1 unspecified atom stereocenters. The second kappa shape index (κ2) is 5.11. The summed E-state index contributed by atoms with van der Waals surface area (Å²) in [6.07, 6.45) is 0.572. The van der Waals surface area contributed by atoms with E-state index in [0.717, 1.165) is 0 Å². The molecular weight excluding hydrogens is 332 g/mol. The Kier molecular flexibility index (Phi) is 3.17. The third kappa shape index (κ3) is 1.98. The van der Waals surface area contributed by atoms with Crippen LogP contribution in [0.5, 0.6) is 0 Å². The van der Waals surface area contributed by atoms with Gasteiger partial charge in [-0.15, -0.1) is 0 Å². The fraction of sp³-hybridized carbons (Fsp3) is 0.375. The Morgan fingerprint density at radius 3 is 2.37 bits per heavy atom. The zero-order valence-electron chi connectivity index (χ0n) is 16.7. The van der Waals surface area contributed by atoms with Gasteiger partial charge in [-0.3, -0.25) is 9.80 Å². The maximum absolute atomic E-state index is 13.0. The maximum atomic E-state index is 13.0. The van der Waals surface area contributed by atoms with Crippen LogP contribution >= 0.6 is 0 Å². The molecule has 2 aliphatic heterocycles. The van der Waals surface area contributed by atoms with Gasteiger partial charge in [0.05, 0.1) is 11.6 Å². The van der Waals surface area contributed by atoms with Crippen LogP contribution in [0.25, 0.3) is 5.57 Å². The molecule has 0 aromatic heterocycles. The summed E-state index contributed by atoms with van der Waals surface area (Å²) in [7, 11) is 0. The second-order valence-corrected chi connectivity index (χ2v) is 9.19. The number of carbonyl (C=O) groups is 1. The minimum absolute atomic E-state index is 0.132. The molecule has 138 valence electrons. The molecule has 2 saturated heterocycles. The number of hydrazine groups is 1. The van der Waals surface area contributed by atoms with Crippen molar-refractivity contribution in [3.63, 3.8) is 0 Å². The number of fused-ring (bicyclic) bond motifs is 5. The highest BCUT2D eigenvalue weighted by Crippen LogP contribution is 2.61. The van der Waals surface area contributed by atoms with Crippen molar-refractivity contribution < 1.29 is 4.79 Å². The van der Waals surface area contributed by atoms with Gasteiger partial charge in [0.2, 0.25) is 5.91 Å². The lowest BCUT2D eigenvalue weighted by molar-refractivity contribution is -0.145.